The summed E-state index contributed by atoms with van der Waals surface area (Å²) in [6.45, 7) is -0.553. The van der Waals surface area contributed by atoms with Gasteiger partial charge in [-0.15, -0.1) is 0 Å². The van der Waals surface area contributed by atoms with Gasteiger partial charge in [0.25, 0.3) is 11.7 Å². The molecule has 0 bridgehead atoms. The molecule has 1 amide bonds. The van der Waals surface area contributed by atoms with Gasteiger partial charge >= 0.3 is 5.97 Å². The van der Waals surface area contributed by atoms with E-state index in [1.165, 1.54) is 42.5 Å². The second-order valence-electron chi connectivity index (χ2n) is 4.54. The van der Waals surface area contributed by atoms with E-state index in [0.29, 0.717) is 22.3 Å². The van der Waals surface area contributed by atoms with Crippen molar-refractivity contribution in [2.24, 2.45) is 0 Å². The van der Waals surface area contributed by atoms with E-state index in [0.717, 1.165) is 6.07 Å². The smallest absolute Gasteiger partial charge is 0.338 e. The summed E-state index contributed by atoms with van der Waals surface area (Å²) in [4.78, 5) is 23.7. The predicted octanol–water partition coefficient (Wildman–Crippen LogP) is 3.94. The predicted molar refractivity (Wildman–Crippen MR) is 83.6 cm³/mol. The molecule has 0 heterocycles. The number of thioether (sulfide) groups is 1. The quantitative estimate of drug-likeness (QED) is 0.630. The van der Waals surface area contributed by atoms with Gasteiger partial charge in [0.2, 0.25) is 0 Å². The first-order valence-electron chi connectivity index (χ1n) is 6.71. The van der Waals surface area contributed by atoms with Crippen molar-refractivity contribution in [2.45, 2.75) is 10.7 Å². The number of benzene rings is 2. The summed E-state index contributed by atoms with van der Waals surface area (Å²) in [5, 5.41) is 2.45. The molecule has 0 unspecified atom stereocenters. The zero-order valence-electron chi connectivity index (χ0n) is 12.2. The van der Waals surface area contributed by atoms with Gasteiger partial charge in [0.1, 0.15) is 5.82 Å². The first kappa shape index (κ1) is 17.9. The second-order valence-corrected chi connectivity index (χ2v) is 5.60. The van der Waals surface area contributed by atoms with Crippen LogP contribution in [0.3, 0.4) is 0 Å². The molecular weight excluding hydrogens is 343 g/mol. The van der Waals surface area contributed by atoms with Gasteiger partial charge in [-0.2, -0.15) is 8.78 Å². The third kappa shape index (κ3) is 5.62. The maximum absolute atomic E-state index is 13.0. The Bertz CT molecular complexity index is 723. The summed E-state index contributed by atoms with van der Waals surface area (Å²) >= 11 is 0.393. The number of carbonyl (C=O) groups is 2. The molecule has 0 saturated heterocycles. The van der Waals surface area contributed by atoms with Crippen LogP contribution in [0.5, 0.6) is 0 Å². The van der Waals surface area contributed by atoms with Crippen molar-refractivity contribution in [3.63, 3.8) is 0 Å². The monoisotopic (exact) mass is 355 g/mol. The van der Waals surface area contributed by atoms with E-state index in [9.17, 15) is 22.8 Å². The molecule has 2 aromatic rings. The average molecular weight is 355 g/mol. The molecule has 0 aliphatic rings. The molecule has 24 heavy (non-hydrogen) atoms. The minimum Gasteiger partial charge on any atom is -0.452 e. The molecule has 126 valence electrons. The van der Waals surface area contributed by atoms with Crippen molar-refractivity contribution in [1.82, 2.24) is 0 Å². The number of amides is 1. The van der Waals surface area contributed by atoms with Crippen LogP contribution in [0.25, 0.3) is 0 Å². The fourth-order valence-corrected chi connectivity index (χ4v) is 2.25. The maximum atomic E-state index is 13.0. The molecule has 4 nitrogen and oxygen atoms in total. The van der Waals surface area contributed by atoms with E-state index in [2.05, 4.69) is 5.32 Å². The van der Waals surface area contributed by atoms with Crippen LogP contribution in [0.1, 0.15) is 10.4 Å². The van der Waals surface area contributed by atoms with Gasteiger partial charge in [-0.3, -0.25) is 4.79 Å². The van der Waals surface area contributed by atoms with Crippen molar-refractivity contribution in [2.75, 3.05) is 11.9 Å². The third-order valence-corrected chi connectivity index (χ3v) is 3.48. The molecule has 0 aromatic heterocycles. The molecule has 0 radical (unpaired) electrons. The molecule has 0 aliphatic heterocycles. The summed E-state index contributed by atoms with van der Waals surface area (Å²) in [5.41, 5.74) is 0.372. The lowest BCUT2D eigenvalue weighted by atomic mass is 10.2. The first-order valence-corrected chi connectivity index (χ1v) is 7.59. The van der Waals surface area contributed by atoms with E-state index >= 15 is 0 Å². The summed E-state index contributed by atoms with van der Waals surface area (Å²) < 4.78 is 42.1. The molecule has 0 aliphatic carbocycles. The van der Waals surface area contributed by atoms with Crippen molar-refractivity contribution in [3.05, 3.63) is 59.9 Å². The van der Waals surface area contributed by atoms with Crippen LogP contribution in [-0.2, 0) is 9.53 Å². The number of anilines is 1. The molecule has 0 spiro atoms. The highest BCUT2D eigenvalue weighted by molar-refractivity contribution is 7.99. The van der Waals surface area contributed by atoms with Crippen molar-refractivity contribution >= 4 is 29.3 Å². The van der Waals surface area contributed by atoms with Gasteiger partial charge in [0.05, 0.1) is 5.56 Å². The van der Waals surface area contributed by atoms with Gasteiger partial charge in [-0.1, -0.05) is 17.8 Å². The first-order chi connectivity index (χ1) is 11.4. The SMILES string of the molecule is O=C(COC(=O)c1cccc(F)c1)Nc1ccc(SC(F)F)cc1. The van der Waals surface area contributed by atoms with E-state index in [1.54, 1.807) is 0 Å². The summed E-state index contributed by atoms with van der Waals surface area (Å²) in [5.74, 6) is -4.54. The van der Waals surface area contributed by atoms with E-state index in [1.807, 2.05) is 0 Å². The number of halogens is 3. The summed E-state index contributed by atoms with van der Waals surface area (Å²) in [6, 6.07) is 10.7. The minimum absolute atomic E-state index is 0.00354. The normalized spacial score (nSPS) is 10.5. The highest BCUT2D eigenvalue weighted by Crippen LogP contribution is 2.26. The fraction of sp³-hybridized carbons (Fsp3) is 0.125. The molecule has 0 fully saturated rings. The number of hydrogen-bond acceptors (Lipinski definition) is 4. The zero-order chi connectivity index (χ0) is 17.5. The lowest BCUT2D eigenvalue weighted by Crippen LogP contribution is -2.20. The van der Waals surface area contributed by atoms with E-state index < -0.39 is 30.1 Å². The van der Waals surface area contributed by atoms with Gasteiger partial charge < -0.3 is 10.1 Å². The van der Waals surface area contributed by atoms with Crippen LogP contribution < -0.4 is 5.32 Å². The Hall–Kier alpha value is -2.48. The Kier molecular flexibility index (Phi) is 6.25. The number of ether oxygens (including phenoxy) is 1. The third-order valence-electron chi connectivity index (χ3n) is 2.76. The summed E-state index contributed by atoms with van der Waals surface area (Å²) in [7, 11) is 0. The van der Waals surface area contributed by atoms with E-state index in [4.69, 9.17) is 4.74 Å². The number of esters is 1. The average Bonchev–Trinajstić information content (AvgIpc) is 2.54. The number of carbonyl (C=O) groups excluding carboxylic acids is 2. The Labute approximate surface area is 140 Å². The number of nitrogens with one attached hydrogen (secondary N) is 1. The molecule has 8 heteroatoms. The minimum atomic E-state index is -2.52. The maximum Gasteiger partial charge on any atom is 0.338 e. The Morgan fingerprint density at radius 3 is 2.46 bits per heavy atom. The standard InChI is InChI=1S/C16H12F3NO3S/c17-11-3-1-2-10(8-11)15(22)23-9-14(21)20-12-4-6-13(7-5-12)24-16(18)19/h1-8,16H,9H2,(H,20,21). The lowest BCUT2D eigenvalue weighted by molar-refractivity contribution is -0.119. The van der Waals surface area contributed by atoms with Crippen molar-refractivity contribution in [1.29, 1.82) is 0 Å². The fourth-order valence-electron chi connectivity index (χ4n) is 1.75. The number of alkyl halides is 2. The number of hydrogen-bond donors (Lipinski definition) is 1. The molecule has 0 saturated carbocycles. The van der Waals surface area contributed by atoms with Crippen molar-refractivity contribution in [3.8, 4) is 0 Å². The largest absolute Gasteiger partial charge is 0.452 e. The van der Waals surface area contributed by atoms with Gasteiger partial charge in [0, 0.05) is 10.6 Å². The highest BCUT2D eigenvalue weighted by atomic mass is 32.2. The topological polar surface area (TPSA) is 55.4 Å². The van der Waals surface area contributed by atoms with Crippen LogP contribution in [0.2, 0.25) is 0 Å². The van der Waals surface area contributed by atoms with Gasteiger partial charge in [-0.25, -0.2) is 9.18 Å². The Morgan fingerprint density at radius 1 is 1.12 bits per heavy atom. The highest BCUT2D eigenvalue weighted by Gasteiger charge is 2.11. The molecule has 2 rings (SSSR count). The second kappa shape index (κ2) is 8.39. The van der Waals surface area contributed by atoms with Crippen LogP contribution >= 0.6 is 11.8 Å². The van der Waals surface area contributed by atoms with Crippen molar-refractivity contribution < 1.29 is 27.5 Å². The van der Waals surface area contributed by atoms with Crippen LogP contribution in [0.15, 0.2) is 53.4 Å². The van der Waals surface area contributed by atoms with Crippen LogP contribution in [0.4, 0.5) is 18.9 Å². The molecule has 0 atom stereocenters. The molecule has 2 aromatic carbocycles. The molecular formula is C16H12F3NO3S. The summed E-state index contributed by atoms with van der Waals surface area (Å²) in [6.07, 6.45) is 0. The Balaban J connectivity index is 1.83. The molecule has 1 N–H and O–H groups in total. The number of rotatable bonds is 6. The van der Waals surface area contributed by atoms with Gasteiger partial charge in [0.15, 0.2) is 6.61 Å². The van der Waals surface area contributed by atoms with E-state index in [-0.39, 0.29) is 5.56 Å². The van der Waals surface area contributed by atoms with Crippen LogP contribution in [-0.4, -0.2) is 24.2 Å². The Morgan fingerprint density at radius 2 is 1.83 bits per heavy atom. The van der Waals surface area contributed by atoms with Crippen LogP contribution in [0, 0.1) is 5.82 Å². The lowest BCUT2D eigenvalue weighted by Gasteiger charge is -2.07. The van der Waals surface area contributed by atoms with Gasteiger partial charge in [-0.05, 0) is 42.5 Å². The zero-order valence-corrected chi connectivity index (χ0v) is 13.0.